The van der Waals surface area contributed by atoms with Crippen LogP contribution in [-0.2, 0) is 16.6 Å². The van der Waals surface area contributed by atoms with Crippen LogP contribution in [0, 0.1) is 18.3 Å². The Bertz CT molecular complexity index is 633. The van der Waals surface area contributed by atoms with Crippen molar-refractivity contribution in [2.45, 2.75) is 24.3 Å². The maximum absolute atomic E-state index is 12.6. The summed E-state index contributed by atoms with van der Waals surface area (Å²) < 4.78 is 26.6. The van der Waals surface area contributed by atoms with E-state index in [1.54, 1.807) is 6.07 Å². The highest BCUT2D eigenvalue weighted by atomic mass is 35.5. The number of benzene rings is 1. The summed E-state index contributed by atoms with van der Waals surface area (Å²) in [5.41, 5.74) is 6.17. The molecule has 0 bridgehead atoms. The lowest BCUT2D eigenvalue weighted by Crippen LogP contribution is -2.33. The molecule has 0 unspecified atom stereocenters. The molecule has 6 heteroatoms. The molecule has 1 aliphatic rings. The van der Waals surface area contributed by atoms with E-state index in [0.29, 0.717) is 23.0 Å². The zero-order valence-corrected chi connectivity index (χ0v) is 12.6. The van der Waals surface area contributed by atoms with Crippen LogP contribution in [0.2, 0.25) is 5.02 Å². The molecule has 0 spiro atoms. The quantitative estimate of drug-likeness (QED) is 0.815. The minimum absolute atomic E-state index is 0.0828. The van der Waals surface area contributed by atoms with Gasteiger partial charge in [0.15, 0.2) is 0 Å². The van der Waals surface area contributed by atoms with Crippen LogP contribution >= 0.6 is 11.6 Å². The SMILES string of the molecule is C#CCN(CC1CC1)S(=O)(=O)c1ccc(Cl)c(CN)c1. The first-order chi connectivity index (χ1) is 9.48. The van der Waals surface area contributed by atoms with Crippen molar-refractivity contribution >= 4 is 21.6 Å². The summed E-state index contributed by atoms with van der Waals surface area (Å²) in [6, 6.07) is 4.57. The molecule has 2 N–H and O–H groups in total. The summed E-state index contributed by atoms with van der Waals surface area (Å²) in [6.07, 6.45) is 7.40. The lowest BCUT2D eigenvalue weighted by molar-refractivity contribution is 0.430. The molecule has 1 aromatic carbocycles. The van der Waals surface area contributed by atoms with E-state index in [0.717, 1.165) is 12.8 Å². The molecule has 1 aromatic rings. The zero-order valence-electron chi connectivity index (χ0n) is 11.0. The number of hydrogen-bond donors (Lipinski definition) is 1. The van der Waals surface area contributed by atoms with Gasteiger partial charge < -0.3 is 5.73 Å². The Morgan fingerprint density at radius 3 is 2.70 bits per heavy atom. The molecular formula is C14H17ClN2O2S. The summed E-state index contributed by atoms with van der Waals surface area (Å²) in [4.78, 5) is 0.193. The number of hydrogen-bond acceptors (Lipinski definition) is 3. The van der Waals surface area contributed by atoms with Crippen LogP contribution in [0.3, 0.4) is 0 Å². The Morgan fingerprint density at radius 2 is 2.15 bits per heavy atom. The molecule has 1 fully saturated rings. The summed E-state index contributed by atoms with van der Waals surface area (Å²) in [6.45, 7) is 0.756. The van der Waals surface area contributed by atoms with E-state index < -0.39 is 10.0 Å². The van der Waals surface area contributed by atoms with Gasteiger partial charge in [-0.1, -0.05) is 17.5 Å². The number of sulfonamides is 1. The van der Waals surface area contributed by atoms with Crippen molar-refractivity contribution in [3.8, 4) is 12.3 Å². The van der Waals surface area contributed by atoms with Gasteiger partial charge in [-0.2, -0.15) is 4.31 Å². The minimum Gasteiger partial charge on any atom is -0.326 e. The van der Waals surface area contributed by atoms with Crippen LogP contribution in [-0.4, -0.2) is 25.8 Å². The normalized spacial score (nSPS) is 15.3. The number of terminal acetylenes is 1. The van der Waals surface area contributed by atoms with Gasteiger partial charge in [0, 0.05) is 18.1 Å². The third-order valence-corrected chi connectivity index (χ3v) is 5.48. The van der Waals surface area contributed by atoms with Gasteiger partial charge in [0.25, 0.3) is 0 Å². The number of nitrogens with zero attached hydrogens (tertiary/aromatic N) is 1. The first-order valence-corrected chi connectivity index (χ1v) is 8.23. The second-order valence-corrected chi connectivity index (χ2v) is 7.25. The first-order valence-electron chi connectivity index (χ1n) is 6.41. The predicted molar refractivity (Wildman–Crippen MR) is 79.7 cm³/mol. The van der Waals surface area contributed by atoms with E-state index >= 15 is 0 Å². The highest BCUT2D eigenvalue weighted by Crippen LogP contribution is 2.32. The van der Waals surface area contributed by atoms with Crippen LogP contribution in [0.15, 0.2) is 23.1 Å². The predicted octanol–water partition coefficient (Wildman–Crippen LogP) is 1.83. The van der Waals surface area contributed by atoms with Crippen LogP contribution < -0.4 is 5.73 Å². The van der Waals surface area contributed by atoms with E-state index in [-0.39, 0.29) is 18.0 Å². The fraction of sp³-hybridized carbons (Fsp3) is 0.429. The van der Waals surface area contributed by atoms with E-state index in [4.69, 9.17) is 23.8 Å². The molecule has 108 valence electrons. The Labute approximate surface area is 125 Å². The highest BCUT2D eigenvalue weighted by molar-refractivity contribution is 7.89. The molecule has 20 heavy (non-hydrogen) atoms. The second kappa shape index (κ2) is 6.15. The van der Waals surface area contributed by atoms with Gasteiger partial charge in [0.2, 0.25) is 10.0 Å². The van der Waals surface area contributed by atoms with Gasteiger partial charge in [0.05, 0.1) is 11.4 Å². The maximum Gasteiger partial charge on any atom is 0.243 e. The molecule has 0 aromatic heterocycles. The van der Waals surface area contributed by atoms with Gasteiger partial charge in [-0.15, -0.1) is 6.42 Å². The first kappa shape index (κ1) is 15.3. The molecule has 0 saturated heterocycles. The monoisotopic (exact) mass is 312 g/mol. The summed E-state index contributed by atoms with van der Waals surface area (Å²) in [5, 5.41) is 0.470. The van der Waals surface area contributed by atoms with Crippen molar-refractivity contribution in [1.29, 1.82) is 0 Å². The Hall–Kier alpha value is -1.06. The number of halogens is 1. The molecule has 0 radical (unpaired) electrons. The van der Waals surface area contributed by atoms with Gasteiger partial charge in [-0.25, -0.2) is 8.42 Å². The number of rotatable bonds is 6. The van der Waals surface area contributed by atoms with Crippen LogP contribution in [0.25, 0.3) is 0 Å². The molecule has 0 atom stereocenters. The van der Waals surface area contributed by atoms with Crippen LogP contribution in [0.4, 0.5) is 0 Å². The van der Waals surface area contributed by atoms with Crippen molar-refractivity contribution in [1.82, 2.24) is 4.31 Å². The molecule has 1 saturated carbocycles. The second-order valence-electron chi connectivity index (χ2n) is 4.90. The minimum atomic E-state index is -3.59. The van der Waals surface area contributed by atoms with E-state index in [1.807, 2.05) is 0 Å². The summed E-state index contributed by atoms with van der Waals surface area (Å²) in [7, 11) is -3.59. The van der Waals surface area contributed by atoms with Crippen molar-refractivity contribution in [3.05, 3.63) is 28.8 Å². The topological polar surface area (TPSA) is 63.4 Å². The molecular weight excluding hydrogens is 296 g/mol. The highest BCUT2D eigenvalue weighted by Gasteiger charge is 2.31. The van der Waals surface area contributed by atoms with Gasteiger partial charge in [0.1, 0.15) is 0 Å². The Balaban J connectivity index is 2.33. The Kier molecular flexibility index (Phi) is 4.71. The van der Waals surface area contributed by atoms with E-state index in [9.17, 15) is 8.42 Å². The van der Waals surface area contributed by atoms with Gasteiger partial charge in [-0.3, -0.25) is 0 Å². The average Bonchev–Trinajstić information content (AvgIpc) is 3.22. The molecule has 4 nitrogen and oxygen atoms in total. The van der Waals surface area contributed by atoms with Crippen LogP contribution in [0.1, 0.15) is 18.4 Å². The molecule has 0 aliphatic heterocycles. The Morgan fingerprint density at radius 1 is 1.45 bits per heavy atom. The lowest BCUT2D eigenvalue weighted by Gasteiger charge is -2.20. The van der Waals surface area contributed by atoms with Crippen molar-refractivity contribution in [2.24, 2.45) is 11.7 Å². The maximum atomic E-state index is 12.6. The zero-order chi connectivity index (χ0) is 14.8. The molecule has 0 amide bonds. The summed E-state index contributed by atoms with van der Waals surface area (Å²) in [5.74, 6) is 2.84. The largest absolute Gasteiger partial charge is 0.326 e. The van der Waals surface area contributed by atoms with Crippen molar-refractivity contribution < 1.29 is 8.42 Å². The van der Waals surface area contributed by atoms with E-state index in [2.05, 4.69) is 5.92 Å². The standard InChI is InChI=1S/C14H17ClN2O2S/c1-2-7-17(10-11-3-4-11)20(18,19)13-5-6-14(15)12(8-13)9-16/h1,5-6,8,11H,3-4,7,9-10,16H2. The molecule has 0 heterocycles. The van der Waals surface area contributed by atoms with Gasteiger partial charge >= 0.3 is 0 Å². The van der Waals surface area contributed by atoms with Crippen LogP contribution in [0.5, 0.6) is 0 Å². The van der Waals surface area contributed by atoms with Crippen molar-refractivity contribution in [3.63, 3.8) is 0 Å². The molecule has 2 rings (SSSR count). The summed E-state index contributed by atoms with van der Waals surface area (Å²) >= 11 is 5.96. The van der Waals surface area contributed by atoms with Gasteiger partial charge in [-0.05, 0) is 42.5 Å². The smallest absolute Gasteiger partial charge is 0.243 e. The average molecular weight is 313 g/mol. The number of nitrogens with two attached hydrogens (primary N) is 1. The third-order valence-electron chi connectivity index (χ3n) is 3.30. The molecule has 1 aliphatic carbocycles. The van der Waals surface area contributed by atoms with E-state index in [1.165, 1.54) is 16.4 Å². The fourth-order valence-electron chi connectivity index (χ4n) is 1.95. The fourth-order valence-corrected chi connectivity index (χ4v) is 3.63. The lowest BCUT2D eigenvalue weighted by atomic mass is 10.2. The third kappa shape index (κ3) is 3.33. The van der Waals surface area contributed by atoms with Crippen molar-refractivity contribution in [2.75, 3.05) is 13.1 Å².